The molecule has 3 aromatic carbocycles. The molecule has 0 aromatic heterocycles. The van der Waals surface area contributed by atoms with E-state index in [1.165, 1.54) is 48.3 Å². The van der Waals surface area contributed by atoms with Gasteiger partial charge < -0.3 is 15.1 Å². The van der Waals surface area contributed by atoms with E-state index in [4.69, 9.17) is 0 Å². The van der Waals surface area contributed by atoms with Crippen LogP contribution in [0.2, 0.25) is 0 Å². The predicted octanol–water partition coefficient (Wildman–Crippen LogP) is 3.50. The molecule has 0 saturated carbocycles. The number of likely N-dealkylation sites (tertiary alicyclic amines) is 1. The minimum Gasteiger partial charge on any atom is -0.378 e. The third kappa shape index (κ3) is 5.57. The van der Waals surface area contributed by atoms with E-state index in [1.807, 2.05) is 18.2 Å². The Morgan fingerprint density at radius 3 is 2.12 bits per heavy atom. The van der Waals surface area contributed by atoms with Gasteiger partial charge in [0.2, 0.25) is 5.91 Å². The van der Waals surface area contributed by atoms with Crippen molar-refractivity contribution >= 4 is 11.6 Å². The second kappa shape index (κ2) is 10.5. The molecule has 4 heteroatoms. The van der Waals surface area contributed by atoms with Crippen molar-refractivity contribution in [1.29, 1.82) is 0 Å². The Hall–Kier alpha value is -3.11. The van der Waals surface area contributed by atoms with Gasteiger partial charge in [-0.15, -0.1) is 0 Å². The molecule has 32 heavy (non-hydrogen) atoms. The Morgan fingerprint density at radius 2 is 1.50 bits per heavy atom. The molecule has 1 fully saturated rings. The number of hydrogen-bond donors (Lipinski definition) is 2. The van der Waals surface area contributed by atoms with Gasteiger partial charge in [-0.1, -0.05) is 66.7 Å². The first kappa shape index (κ1) is 22.1. The Balaban J connectivity index is 1.37. The van der Waals surface area contributed by atoms with Crippen molar-refractivity contribution in [3.05, 3.63) is 90.0 Å². The van der Waals surface area contributed by atoms with Crippen LogP contribution in [0.5, 0.6) is 0 Å². The zero-order valence-electron chi connectivity index (χ0n) is 19.2. The maximum Gasteiger partial charge on any atom is 0.224 e. The molecule has 1 aliphatic rings. The topological polar surface area (TPSA) is 36.8 Å². The minimum atomic E-state index is 0.0889. The van der Waals surface area contributed by atoms with Gasteiger partial charge in [0, 0.05) is 38.2 Å². The second-order valence-corrected chi connectivity index (χ2v) is 8.95. The van der Waals surface area contributed by atoms with E-state index < -0.39 is 0 Å². The molecule has 166 valence electrons. The predicted molar refractivity (Wildman–Crippen MR) is 132 cm³/mol. The first-order valence-corrected chi connectivity index (χ1v) is 11.6. The Labute approximate surface area is 191 Å². The van der Waals surface area contributed by atoms with Gasteiger partial charge in [0.25, 0.3) is 0 Å². The third-order valence-corrected chi connectivity index (χ3v) is 6.48. The van der Waals surface area contributed by atoms with E-state index >= 15 is 0 Å². The summed E-state index contributed by atoms with van der Waals surface area (Å²) in [7, 11) is 4.12. The number of quaternary nitrogens is 1. The average molecular weight is 429 g/mol. The van der Waals surface area contributed by atoms with Crippen LogP contribution in [0.25, 0.3) is 11.1 Å². The highest BCUT2D eigenvalue weighted by atomic mass is 16.1. The van der Waals surface area contributed by atoms with Gasteiger partial charge in [-0.3, -0.25) is 4.79 Å². The van der Waals surface area contributed by atoms with E-state index in [-0.39, 0.29) is 5.91 Å². The van der Waals surface area contributed by atoms with Crippen molar-refractivity contribution in [2.24, 2.45) is 0 Å². The number of carbonyl (C=O) groups is 1. The summed E-state index contributed by atoms with van der Waals surface area (Å²) in [5.74, 6) is 0.0889. The normalized spacial score (nSPS) is 14.8. The molecule has 0 unspecified atom stereocenters. The van der Waals surface area contributed by atoms with Gasteiger partial charge in [0.1, 0.15) is 6.04 Å². The summed E-state index contributed by atoms with van der Waals surface area (Å²) in [6.45, 7) is 3.03. The standard InChI is InChI=1S/C28H33N3O/c1-30(2)26-16-14-25(15-17-26)27(31-18-6-7-19-31)21-29-28(32)20-22-10-12-24(13-11-22)23-8-4-3-5-9-23/h3-5,8-17,27H,6-7,18-21H2,1-2H3,(H,29,32)/p+1/t27-/m1/s1. The number of rotatable bonds is 8. The molecule has 4 rings (SSSR count). The zero-order chi connectivity index (χ0) is 22.3. The smallest absolute Gasteiger partial charge is 0.224 e. The molecular formula is C28H34N3O+. The van der Waals surface area contributed by atoms with Crippen molar-refractivity contribution in [3.8, 4) is 11.1 Å². The monoisotopic (exact) mass is 428 g/mol. The first-order chi connectivity index (χ1) is 15.6. The van der Waals surface area contributed by atoms with Crippen LogP contribution in [-0.4, -0.2) is 39.6 Å². The molecule has 0 aliphatic carbocycles. The second-order valence-electron chi connectivity index (χ2n) is 8.95. The summed E-state index contributed by atoms with van der Waals surface area (Å²) >= 11 is 0. The van der Waals surface area contributed by atoms with Crippen LogP contribution in [0, 0.1) is 0 Å². The SMILES string of the molecule is CN(C)c1ccc([C@@H](CNC(=O)Cc2ccc(-c3ccccc3)cc2)[NH+]2CCCC2)cc1. The molecule has 1 heterocycles. The Morgan fingerprint density at radius 1 is 0.875 bits per heavy atom. The lowest BCUT2D eigenvalue weighted by atomic mass is 10.0. The number of carbonyl (C=O) groups excluding carboxylic acids is 1. The van der Waals surface area contributed by atoms with E-state index in [0.29, 0.717) is 19.0 Å². The Bertz CT molecular complexity index is 991. The molecule has 2 N–H and O–H groups in total. The van der Waals surface area contributed by atoms with Gasteiger partial charge in [-0.2, -0.15) is 0 Å². The molecule has 1 aliphatic heterocycles. The minimum absolute atomic E-state index is 0.0889. The summed E-state index contributed by atoms with van der Waals surface area (Å²) in [4.78, 5) is 16.4. The third-order valence-electron chi connectivity index (χ3n) is 6.48. The van der Waals surface area contributed by atoms with Gasteiger partial charge >= 0.3 is 0 Å². The van der Waals surface area contributed by atoms with Crippen molar-refractivity contribution in [2.45, 2.75) is 25.3 Å². The van der Waals surface area contributed by atoms with E-state index in [0.717, 1.165) is 5.56 Å². The molecule has 1 amide bonds. The van der Waals surface area contributed by atoms with Crippen LogP contribution in [-0.2, 0) is 11.2 Å². The quantitative estimate of drug-likeness (QED) is 0.576. The van der Waals surface area contributed by atoms with Gasteiger partial charge in [0.15, 0.2) is 0 Å². The van der Waals surface area contributed by atoms with Crippen LogP contribution in [0.1, 0.15) is 30.0 Å². The number of nitrogens with one attached hydrogen (secondary N) is 2. The maximum absolute atomic E-state index is 12.7. The largest absolute Gasteiger partial charge is 0.378 e. The number of nitrogens with zero attached hydrogens (tertiary/aromatic N) is 1. The average Bonchev–Trinajstić information content (AvgIpc) is 3.35. The maximum atomic E-state index is 12.7. The zero-order valence-corrected chi connectivity index (χ0v) is 19.2. The van der Waals surface area contributed by atoms with Crippen molar-refractivity contribution in [2.75, 3.05) is 38.6 Å². The highest BCUT2D eigenvalue weighted by Gasteiger charge is 2.27. The molecule has 0 spiro atoms. The summed E-state index contributed by atoms with van der Waals surface area (Å²) in [6.07, 6.45) is 2.95. The number of amides is 1. The van der Waals surface area contributed by atoms with Crippen LogP contribution in [0.15, 0.2) is 78.9 Å². The van der Waals surface area contributed by atoms with Crippen molar-refractivity contribution in [3.63, 3.8) is 0 Å². The fourth-order valence-electron chi connectivity index (χ4n) is 4.59. The van der Waals surface area contributed by atoms with Crippen LogP contribution >= 0.6 is 0 Å². The van der Waals surface area contributed by atoms with Gasteiger partial charge in [-0.05, 0) is 28.8 Å². The molecule has 0 bridgehead atoms. The van der Waals surface area contributed by atoms with E-state index in [9.17, 15) is 4.79 Å². The lowest BCUT2D eigenvalue weighted by molar-refractivity contribution is -0.918. The molecular weight excluding hydrogens is 394 g/mol. The fourth-order valence-corrected chi connectivity index (χ4v) is 4.59. The number of benzene rings is 3. The molecule has 4 nitrogen and oxygen atoms in total. The Kier molecular flexibility index (Phi) is 7.23. The lowest BCUT2D eigenvalue weighted by Gasteiger charge is -2.26. The molecule has 3 aromatic rings. The molecule has 1 atom stereocenters. The van der Waals surface area contributed by atoms with E-state index in [2.05, 4.69) is 85.0 Å². The number of hydrogen-bond acceptors (Lipinski definition) is 2. The summed E-state index contributed by atoms with van der Waals surface area (Å²) < 4.78 is 0. The highest BCUT2D eigenvalue weighted by Crippen LogP contribution is 2.20. The van der Waals surface area contributed by atoms with Crippen LogP contribution in [0.4, 0.5) is 5.69 Å². The fraction of sp³-hybridized carbons (Fsp3) is 0.321. The van der Waals surface area contributed by atoms with Crippen LogP contribution < -0.4 is 15.1 Å². The molecule has 1 saturated heterocycles. The summed E-state index contributed by atoms with van der Waals surface area (Å²) in [5, 5.41) is 3.22. The summed E-state index contributed by atoms with van der Waals surface area (Å²) in [5.41, 5.74) is 5.92. The van der Waals surface area contributed by atoms with Gasteiger partial charge in [0.05, 0.1) is 26.1 Å². The number of anilines is 1. The summed E-state index contributed by atoms with van der Waals surface area (Å²) in [6, 6.07) is 27.7. The van der Waals surface area contributed by atoms with Crippen molar-refractivity contribution < 1.29 is 9.69 Å². The van der Waals surface area contributed by atoms with E-state index in [1.54, 1.807) is 4.90 Å². The van der Waals surface area contributed by atoms with Crippen LogP contribution in [0.3, 0.4) is 0 Å². The molecule has 0 radical (unpaired) electrons. The lowest BCUT2D eigenvalue weighted by Crippen LogP contribution is -3.11. The van der Waals surface area contributed by atoms with Gasteiger partial charge in [-0.25, -0.2) is 0 Å². The highest BCUT2D eigenvalue weighted by molar-refractivity contribution is 5.79. The first-order valence-electron chi connectivity index (χ1n) is 11.6. The van der Waals surface area contributed by atoms with Crippen molar-refractivity contribution in [1.82, 2.24) is 5.32 Å².